The lowest BCUT2D eigenvalue weighted by Crippen LogP contribution is -2.58. The number of nitrogens with one attached hydrogen (secondary N) is 2. The average Bonchev–Trinajstić information content (AvgIpc) is 2.98. The summed E-state index contributed by atoms with van der Waals surface area (Å²) in [6, 6.07) is -1.24. The molecule has 33 heavy (non-hydrogen) atoms. The molecule has 0 bridgehead atoms. The maximum atomic E-state index is 13.9. The number of amides is 3. The van der Waals surface area contributed by atoms with Crippen molar-refractivity contribution in [2.75, 3.05) is 13.7 Å². The first-order chi connectivity index (χ1) is 15.2. The highest BCUT2D eigenvalue weighted by Gasteiger charge is 2.58. The summed E-state index contributed by atoms with van der Waals surface area (Å²) in [5, 5.41) is 16.2. The normalized spacial score (nSPS) is 29.5. The molecule has 188 valence electrons. The van der Waals surface area contributed by atoms with Crippen molar-refractivity contribution >= 4 is 17.7 Å². The van der Waals surface area contributed by atoms with Gasteiger partial charge in [-0.2, -0.15) is 0 Å². The van der Waals surface area contributed by atoms with E-state index in [9.17, 15) is 19.5 Å². The predicted octanol–water partition coefficient (Wildman–Crippen LogP) is 2.74. The molecule has 0 aromatic heterocycles. The molecule has 0 spiro atoms. The SMILES string of the molecule is CC[C@H](C)[C@H](CO)N1C(=O)[C@@H]2[C@H](C=C[C@@H](C)[C@H]2C(=O)NC)[C@H]1C(=O)NC(C)(C)CC(C)(C)C. The Balaban J connectivity index is 2.53. The van der Waals surface area contributed by atoms with Crippen molar-refractivity contribution in [3.8, 4) is 0 Å². The maximum Gasteiger partial charge on any atom is 0.243 e. The second-order valence-electron chi connectivity index (χ2n) is 11.9. The zero-order valence-electron chi connectivity index (χ0n) is 21.9. The first-order valence-electron chi connectivity index (χ1n) is 12.3. The van der Waals surface area contributed by atoms with Crippen molar-refractivity contribution < 1.29 is 19.5 Å². The largest absolute Gasteiger partial charge is 0.394 e. The van der Waals surface area contributed by atoms with E-state index < -0.39 is 35.4 Å². The van der Waals surface area contributed by atoms with Crippen LogP contribution in [-0.4, -0.2) is 59.0 Å². The molecule has 7 atom stereocenters. The summed E-state index contributed by atoms with van der Waals surface area (Å²) < 4.78 is 0. The first-order valence-corrected chi connectivity index (χ1v) is 12.3. The van der Waals surface area contributed by atoms with E-state index in [0.29, 0.717) is 0 Å². The third kappa shape index (κ3) is 5.79. The van der Waals surface area contributed by atoms with Gasteiger partial charge in [0.2, 0.25) is 17.7 Å². The molecule has 0 aromatic carbocycles. The standard InChI is InChI=1S/C26H45N3O4/c1-10-15(2)18(13-30)29-21(23(32)28-26(7,8)14-25(4,5)6)17-12-11-16(3)19(22(31)27-9)20(17)24(29)33/h11-12,15-21,30H,10,13-14H2,1-9H3,(H,27,31)(H,28,32)/t15-,16+,17-,18-,19+,20+,21-/m0/s1. The quantitative estimate of drug-likeness (QED) is 0.482. The number of hydrogen-bond donors (Lipinski definition) is 3. The van der Waals surface area contributed by atoms with Crippen LogP contribution in [0.1, 0.15) is 68.2 Å². The molecule has 3 amide bonds. The van der Waals surface area contributed by atoms with Gasteiger partial charge in [-0.3, -0.25) is 14.4 Å². The molecule has 2 aliphatic rings. The fourth-order valence-corrected chi connectivity index (χ4v) is 6.05. The van der Waals surface area contributed by atoms with E-state index in [-0.39, 0.29) is 41.6 Å². The molecule has 1 saturated heterocycles. The lowest BCUT2D eigenvalue weighted by molar-refractivity contribution is -0.144. The van der Waals surface area contributed by atoms with Crippen LogP contribution in [-0.2, 0) is 14.4 Å². The second-order valence-corrected chi connectivity index (χ2v) is 11.9. The van der Waals surface area contributed by atoms with Gasteiger partial charge in [-0.25, -0.2) is 0 Å². The van der Waals surface area contributed by atoms with Crippen molar-refractivity contribution in [1.29, 1.82) is 0 Å². The Hall–Kier alpha value is -1.89. The van der Waals surface area contributed by atoms with Crippen LogP contribution in [0.4, 0.5) is 0 Å². The Morgan fingerprint density at radius 3 is 2.24 bits per heavy atom. The molecule has 0 aromatic rings. The molecule has 1 fully saturated rings. The van der Waals surface area contributed by atoms with Gasteiger partial charge in [0.05, 0.1) is 24.5 Å². The first kappa shape index (κ1) is 27.4. The minimum absolute atomic E-state index is 0.0110. The van der Waals surface area contributed by atoms with E-state index in [0.717, 1.165) is 12.8 Å². The summed E-state index contributed by atoms with van der Waals surface area (Å²) in [5.74, 6) is -2.31. The van der Waals surface area contributed by atoms with E-state index in [1.807, 2.05) is 46.8 Å². The van der Waals surface area contributed by atoms with Gasteiger partial charge in [0, 0.05) is 18.5 Å². The molecule has 1 heterocycles. The van der Waals surface area contributed by atoms with Crippen LogP contribution in [0.2, 0.25) is 0 Å². The van der Waals surface area contributed by atoms with Gasteiger partial charge >= 0.3 is 0 Å². The molecule has 0 saturated carbocycles. The number of fused-ring (bicyclic) bond motifs is 1. The number of allylic oxidation sites excluding steroid dienone is 1. The zero-order chi connectivity index (χ0) is 25.3. The Kier molecular flexibility index (Phi) is 8.42. The van der Waals surface area contributed by atoms with Crippen LogP contribution in [0, 0.1) is 35.0 Å². The van der Waals surface area contributed by atoms with Gasteiger partial charge in [-0.1, -0.05) is 60.1 Å². The number of carbonyl (C=O) groups excluding carboxylic acids is 3. The number of carbonyl (C=O) groups is 3. The molecular weight excluding hydrogens is 418 g/mol. The Bertz CT molecular complexity index is 770. The van der Waals surface area contributed by atoms with Gasteiger partial charge in [-0.05, 0) is 37.5 Å². The van der Waals surface area contributed by atoms with E-state index in [4.69, 9.17) is 0 Å². The smallest absolute Gasteiger partial charge is 0.243 e. The van der Waals surface area contributed by atoms with Crippen LogP contribution >= 0.6 is 0 Å². The van der Waals surface area contributed by atoms with Crippen LogP contribution in [0.25, 0.3) is 0 Å². The fourth-order valence-electron chi connectivity index (χ4n) is 6.05. The van der Waals surface area contributed by atoms with E-state index in [2.05, 4.69) is 31.4 Å². The van der Waals surface area contributed by atoms with E-state index in [1.165, 1.54) is 0 Å². The fraction of sp³-hybridized carbons (Fsp3) is 0.808. The zero-order valence-corrected chi connectivity index (χ0v) is 21.9. The average molecular weight is 464 g/mol. The van der Waals surface area contributed by atoms with Gasteiger partial charge in [0.25, 0.3) is 0 Å². The molecule has 0 unspecified atom stereocenters. The predicted molar refractivity (Wildman–Crippen MR) is 130 cm³/mol. The van der Waals surface area contributed by atoms with E-state index in [1.54, 1.807) is 11.9 Å². The molecule has 7 heteroatoms. The van der Waals surface area contributed by atoms with Gasteiger partial charge in [-0.15, -0.1) is 0 Å². The van der Waals surface area contributed by atoms with Crippen molar-refractivity contribution in [2.45, 2.75) is 85.9 Å². The third-order valence-corrected chi connectivity index (χ3v) is 7.31. The highest BCUT2D eigenvalue weighted by molar-refractivity contribution is 5.97. The minimum Gasteiger partial charge on any atom is -0.394 e. The van der Waals surface area contributed by atoms with Crippen molar-refractivity contribution in [3.63, 3.8) is 0 Å². The topological polar surface area (TPSA) is 98.7 Å². The molecule has 1 aliphatic carbocycles. The Labute approximate surface area is 199 Å². The molecule has 1 aliphatic heterocycles. The lowest BCUT2D eigenvalue weighted by atomic mass is 9.70. The lowest BCUT2D eigenvalue weighted by Gasteiger charge is -2.39. The summed E-state index contributed by atoms with van der Waals surface area (Å²) in [6.07, 6.45) is 5.43. The number of aliphatic hydroxyl groups is 1. The number of likely N-dealkylation sites (tertiary alicyclic amines) is 1. The van der Waals surface area contributed by atoms with Crippen molar-refractivity contribution in [1.82, 2.24) is 15.5 Å². The Morgan fingerprint density at radius 1 is 1.15 bits per heavy atom. The second kappa shape index (κ2) is 10.2. The summed E-state index contributed by atoms with van der Waals surface area (Å²) in [6.45, 7) is 16.1. The van der Waals surface area contributed by atoms with Crippen LogP contribution in [0.3, 0.4) is 0 Å². The number of aliphatic hydroxyl groups excluding tert-OH is 1. The molecule has 7 nitrogen and oxygen atoms in total. The van der Waals surface area contributed by atoms with Gasteiger partial charge < -0.3 is 20.6 Å². The minimum atomic E-state index is -0.760. The van der Waals surface area contributed by atoms with Crippen LogP contribution in [0.5, 0.6) is 0 Å². The van der Waals surface area contributed by atoms with Crippen molar-refractivity contribution in [2.24, 2.45) is 35.0 Å². The van der Waals surface area contributed by atoms with Crippen LogP contribution in [0.15, 0.2) is 12.2 Å². The highest BCUT2D eigenvalue weighted by atomic mass is 16.3. The van der Waals surface area contributed by atoms with Gasteiger partial charge in [0.1, 0.15) is 6.04 Å². The molecule has 0 radical (unpaired) electrons. The van der Waals surface area contributed by atoms with Gasteiger partial charge in [0.15, 0.2) is 0 Å². The van der Waals surface area contributed by atoms with E-state index >= 15 is 0 Å². The van der Waals surface area contributed by atoms with Crippen LogP contribution < -0.4 is 10.6 Å². The molecule has 2 rings (SSSR count). The summed E-state index contributed by atoms with van der Waals surface area (Å²) in [7, 11) is 1.58. The monoisotopic (exact) mass is 463 g/mol. The summed E-state index contributed by atoms with van der Waals surface area (Å²) >= 11 is 0. The maximum absolute atomic E-state index is 13.9. The third-order valence-electron chi connectivity index (χ3n) is 7.31. The summed E-state index contributed by atoms with van der Waals surface area (Å²) in [5.41, 5.74) is -0.460. The Morgan fingerprint density at radius 2 is 1.76 bits per heavy atom. The molecule has 3 N–H and O–H groups in total. The number of nitrogens with zero attached hydrogens (tertiary/aromatic N) is 1. The highest BCUT2D eigenvalue weighted by Crippen LogP contribution is 2.45. The number of rotatable bonds is 8. The van der Waals surface area contributed by atoms with Crippen molar-refractivity contribution in [3.05, 3.63) is 12.2 Å². The summed E-state index contributed by atoms with van der Waals surface area (Å²) in [4.78, 5) is 42.1. The molecular formula is C26H45N3O4. The number of hydrogen-bond acceptors (Lipinski definition) is 4.